The highest BCUT2D eigenvalue weighted by Gasteiger charge is 2.21. The van der Waals surface area contributed by atoms with Gasteiger partial charge in [-0.2, -0.15) is 5.26 Å². The Morgan fingerprint density at radius 3 is 2.75 bits per heavy atom. The Bertz CT molecular complexity index is 380. The van der Waals surface area contributed by atoms with E-state index in [2.05, 4.69) is 10.3 Å². The normalized spacial score (nSPS) is 10.9. The fraction of sp³-hybridized carbons (Fsp3) is 0.500. The molecule has 0 fully saturated rings. The Morgan fingerprint density at radius 2 is 2.19 bits per heavy atom. The first-order valence-electron chi connectivity index (χ1n) is 5.46. The minimum absolute atomic E-state index is 0.446. The van der Waals surface area contributed by atoms with Crippen LogP contribution in [0.3, 0.4) is 0 Å². The third-order valence-corrected chi connectivity index (χ3v) is 2.80. The van der Waals surface area contributed by atoms with E-state index in [9.17, 15) is 5.11 Å². The first-order valence-corrected chi connectivity index (χ1v) is 5.46. The van der Waals surface area contributed by atoms with Crippen LogP contribution in [0.5, 0.6) is 0 Å². The molecule has 2 N–H and O–H groups in total. The number of pyridine rings is 1. The van der Waals surface area contributed by atoms with Crippen LogP contribution in [0.25, 0.3) is 0 Å². The van der Waals surface area contributed by atoms with Gasteiger partial charge in [0.05, 0.1) is 17.2 Å². The highest BCUT2D eigenvalue weighted by atomic mass is 16.3. The van der Waals surface area contributed by atoms with E-state index in [0.29, 0.717) is 30.8 Å². The number of anilines is 1. The van der Waals surface area contributed by atoms with Gasteiger partial charge in [-0.15, -0.1) is 0 Å². The molecular weight excluding hydrogens is 202 g/mol. The van der Waals surface area contributed by atoms with Crippen LogP contribution >= 0.6 is 0 Å². The summed E-state index contributed by atoms with van der Waals surface area (Å²) in [6, 6.07) is 5.37. The maximum atomic E-state index is 10.1. The van der Waals surface area contributed by atoms with Crippen LogP contribution in [0, 0.1) is 11.3 Å². The van der Waals surface area contributed by atoms with Crippen LogP contribution in [0.4, 0.5) is 5.82 Å². The van der Waals surface area contributed by atoms with Gasteiger partial charge in [0.25, 0.3) is 0 Å². The van der Waals surface area contributed by atoms with E-state index in [0.717, 1.165) is 0 Å². The summed E-state index contributed by atoms with van der Waals surface area (Å²) in [6.07, 6.45) is 2.96. The molecule has 86 valence electrons. The second-order valence-electron chi connectivity index (χ2n) is 3.83. The Balaban J connectivity index is 2.64. The van der Waals surface area contributed by atoms with Crippen molar-refractivity contribution in [3.05, 3.63) is 23.9 Å². The van der Waals surface area contributed by atoms with Gasteiger partial charge < -0.3 is 10.4 Å². The molecule has 0 aliphatic heterocycles. The lowest BCUT2D eigenvalue weighted by molar-refractivity contribution is 0.0456. The van der Waals surface area contributed by atoms with Gasteiger partial charge >= 0.3 is 0 Å². The number of aliphatic hydroxyl groups is 1. The molecule has 0 amide bonds. The Hall–Kier alpha value is -1.60. The molecule has 0 aromatic carbocycles. The van der Waals surface area contributed by atoms with E-state index in [1.165, 1.54) is 0 Å². The number of aromatic nitrogens is 1. The molecule has 1 heterocycles. The van der Waals surface area contributed by atoms with Gasteiger partial charge in [-0.25, -0.2) is 4.98 Å². The summed E-state index contributed by atoms with van der Waals surface area (Å²) in [5.74, 6) is 0.624. The first kappa shape index (κ1) is 12.5. The molecule has 1 rings (SSSR count). The smallest absolute Gasteiger partial charge is 0.127 e. The molecule has 0 spiro atoms. The second kappa shape index (κ2) is 5.47. The zero-order valence-electron chi connectivity index (χ0n) is 9.70. The maximum absolute atomic E-state index is 10.1. The van der Waals surface area contributed by atoms with Crippen LogP contribution in [-0.2, 0) is 0 Å². The zero-order chi connectivity index (χ0) is 12.0. The Labute approximate surface area is 95.9 Å². The van der Waals surface area contributed by atoms with E-state index >= 15 is 0 Å². The molecule has 4 nitrogen and oxygen atoms in total. The average molecular weight is 219 g/mol. The van der Waals surface area contributed by atoms with E-state index in [1.807, 2.05) is 19.9 Å². The van der Waals surface area contributed by atoms with Crippen molar-refractivity contribution in [2.45, 2.75) is 32.3 Å². The van der Waals surface area contributed by atoms with Gasteiger partial charge in [-0.3, -0.25) is 0 Å². The van der Waals surface area contributed by atoms with Crippen molar-refractivity contribution in [3.8, 4) is 6.07 Å². The van der Waals surface area contributed by atoms with Gasteiger partial charge in [-0.1, -0.05) is 13.8 Å². The van der Waals surface area contributed by atoms with Crippen molar-refractivity contribution in [3.63, 3.8) is 0 Å². The summed E-state index contributed by atoms with van der Waals surface area (Å²) < 4.78 is 0. The third-order valence-electron chi connectivity index (χ3n) is 2.80. The number of hydrogen-bond donors (Lipinski definition) is 2. The maximum Gasteiger partial charge on any atom is 0.127 e. The van der Waals surface area contributed by atoms with E-state index in [1.54, 1.807) is 18.3 Å². The van der Waals surface area contributed by atoms with Gasteiger partial charge in [0.15, 0.2) is 0 Å². The summed E-state index contributed by atoms with van der Waals surface area (Å²) in [4.78, 5) is 4.09. The molecular formula is C12H17N3O. The van der Waals surface area contributed by atoms with Crippen molar-refractivity contribution < 1.29 is 5.11 Å². The predicted octanol–water partition coefficient (Wildman–Crippen LogP) is 1.92. The molecule has 0 aliphatic carbocycles. The fourth-order valence-corrected chi connectivity index (χ4v) is 1.35. The van der Waals surface area contributed by atoms with Gasteiger partial charge in [0.1, 0.15) is 5.82 Å². The van der Waals surface area contributed by atoms with Crippen molar-refractivity contribution in [1.29, 1.82) is 5.26 Å². The van der Waals surface area contributed by atoms with Crippen LogP contribution in [-0.4, -0.2) is 22.2 Å². The summed E-state index contributed by atoms with van der Waals surface area (Å²) >= 11 is 0. The molecule has 0 bridgehead atoms. The number of nitrogens with zero attached hydrogens (tertiary/aromatic N) is 2. The summed E-state index contributed by atoms with van der Waals surface area (Å²) in [5.41, 5.74) is -0.140. The molecule has 16 heavy (non-hydrogen) atoms. The highest BCUT2D eigenvalue weighted by molar-refractivity contribution is 5.42. The predicted molar refractivity (Wildman–Crippen MR) is 63.0 cm³/mol. The number of hydrogen-bond acceptors (Lipinski definition) is 4. The number of rotatable bonds is 5. The lowest BCUT2D eigenvalue weighted by Crippen LogP contribution is -2.35. The van der Waals surface area contributed by atoms with Crippen LogP contribution in [0.2, 0.25) is 0 Å². The lowest BCUT2D eigenvalue weighted by atomic mass is 9.98. The van der Waals surface area contributed by atoms with E-state index in [-0.39, 0.29) is 0 Å². The summed E-state index contributed by atoms with van der Waals surface area (Å²) in [7, 11) is 0. The van der Waals surface area contributed by atoms with E-state index in [4.69, 9.17) is 5.26 Å². The molecule has 1 aromatic heterocycles. The van der Waals surface area contributed by atoms with Gasteiger partial charge in [0.2, 0.25) is 0 Å². The minimum Gasteiger partial charge on any atom is -0.388 e. The van der Waals surface area contributed by atoms with Crippen LogP contribution < -0.4 is 5.32 Å². The van der Waals surface area contributed by atoms with Gasteiger partial charge in [0, 0.05) is 12.7 Å². The largest absolute Gasteiger partial charge is 0.388 e. The van der Waals surface area contributed by atoms with Crippen molar-refractivity contribution >= 4 is 5.82 Å². The second-order valence-corrected chi connectivity index (χ2v) is 3.83. The van der Waals surface area contributed by atoms with Crippen LogP contribution in [0.1, 0.15) is 32.3 Å². The quantitative estimate of drug-likeness (QED) is 0.793. The molecule has 0 saturated heterocycles. The lowest BCUT2D eigenvalue weighted by Gasteiger charge is -2.25. The molecule has 0 aliphatic rings. The monoisotopic (exact) mass is 219 g/mol. The van der Waals surface area contributed by atoms with E-state index < -0.39 is 5.60 Å². The Morgan fingerprint density at radius 1 is 1.50 bits per heavy atom. The number of nitrogens with one attached hydrogen (secondary N) is 1. The highest BCUT2D eigenvalue weighted by Crippen LogP contribution is 2.15. The molecule has 0 unspecified atom stereocenters. The molecule has 0 radical (unpaired) electrons. The fourth-order valence-electron chi connectivity index (χ4n) is 1.35. The summed E-state index contributed by atoms with van der Waals surface area (Å²) in [6.45, 7) is 4.34. The SMILES string of the molecule is CCC(O)(CC)CNc1cc(C#N)ccn1. The topological polar surface area (TPSA) is 68.9 Å². The van der Waals surface area contributed by atoms with Crippen LogP contribution in [0.15, 0.2) is 18.3 Å². The van der Waals surface area contributed by atoms with Crippen molar-refractivity contribution in [1.82, 2.24) is 4.98 Å². The van der Waals surface area contributed by atoms with Gasteiger partial charge in [-0.05, 0) is 25.0 Å². The van der Waals surface area contributed by atoms with Crippen molar-refractivity contribution in [2.75, 3.05) is 11.9 Å². The van der Waals surface area contributed by atoms with Crippen molar-refractivity contribution in [2.24, 2.45) is 0 Å². The molecule has 4 heteroatoms. The average Bonchev–Trinajstić information content (AvgIpc) is 2.36. The molecule has 0 saturated carbocycles. The number of nitriles is 1. The molecule has 0 atom stereocenters. The minimum atomic E-state index is -0.704. The third kappa shape index (κ3) is 3.21. The Kier molecular flexibility index (Phi) is 4.27. The standard InChI is InChI=1S/C12H17N3O/c1-3-12(16,4-2)9-15-11-7-10(8-13)5-6-14-11/h5-7,16H,3-4,9H2,1-2H3,(H,14,15). The first-order chi connectivity index (χ1) is 7.63. The summed E-state index contributed by atoms with van der Waals surface area (Å²) in [5, 5.41) is 21.8. The zero-order valence-corrected chi connectivity index (χ0v) is 9.70. The molecule has 1 aromatic rings.